The van der Waals surface area contributed by atoms with Gasteiger partial charge >= 0.3 is 0 Å². The molecule has 0 bridgehead atoms. The van der Waals surface area contributed by atoms with E-state index >= 15 is 0 Å². The number of carbonyl (C=O) groups is 1. The molecule has 26 heavy (non-hydrogen) atoms. The molecular formula is C18H21N7O. The van der Waals surface area contributed by atoms with Gasteiger partial charge in [-0.2, -0.15) is 0 Å². The Kier molecular flexibility index (Phi) is 4.66. The second kappa shape index (κ2) is 6.91. The maximum absolute atomic E-state index is 11.3. The smallest absolute Gasteiger partial charge is 0.222 e. The number of aromatic nitrogens is 2. The molecule has 0 fully saturated rings. The molecule has 1 amide bonds. The number of fused-ring (bicyclic) bond motifs is 1. The minimum Gasteiger partial charge on any atom is -0.383 e. The fourth-order valence-corrected chi connectivity index (χ4v) is 2.81. The zero-order chi connectivity index (χ0) is 18.8. The molecular weight excluding hydrogens is 330 g/mol. The van der Waals surface area contributed by atoms with Crippen molar-refractivity contribution < 1.29 is 4.79 Å². The Balaban J connectivity index is 1.95. The van der Waals surface area contributed by atoms with Gasteiger partial charge in [0.25, 0.3) is 0 Å². The number of nitrogen functional groups attached to an aromatic ring is 1. The quantitative estimate of drug-likeness (QED) is 0.623. The lowest BCUT2D eigenvalue weighted by molar-refractivity contribution is -0.117. The topological polar surface area (TPSA) is 129 Å². The summed E-state index contributed by atoms with van der Waals surface area (Å²) in [6.07, 6.45) is 1.38. The van der Waals surface area contributed by atoms with Gasteiger partial charge < -0.3 is 16.4 Å². The van der Waals surface area contributed by atoms with Gasteiger partial charge in [0.15, 0.2) is 0 Å². The fraction of sp³-hybridized carbons (Fsp3) is 0.278. The third-order valence-electron chi connectivity index (χ3n) is 3.90. The molecule has 3 rings (SSSR count). The van der Waals surface area contributed by atoms with E-state index in [-0.39, 0.29) is 23.5 Å². The van der Waals surface area contributed by atoms with E-state index in [1.54, 1.807) is 0 Å². The number of amidine groups is 1. The van der Waals surface area contributed by atoms with E-state index in [0.717, 1.165) is 11.1 Å². The summed E-state index contributed by atoms with van der Waals surface area (Å²) in [6, 6.07) is 5.71. The van der Waals surface area contributed by atoms with Crippen molar-refractivity contribution >= 4 is 29.1 Å². The van der Waals surface area contributed by atoms with E-state index in [0.29, 0.717) is 29.3 Å². The normalized spacial score (nSPS) is 12.5. The first kappa shape index (κ1) is 17.5. The molecule has 0 unspecified atom stereocenters. The van der Waals surface area contributed by atoms with Crippen LogP contribution in [0.25, 0.3) is 0 Å². The summed E-state index contributed by atoms with van der Waals surface area (Å²) in [5.41, 5.74) is 9.25. The number of amides is 1. The molecule has 0 saturated carbocycles. The second-order valence-electron chi connectivity index (χ2n) is 6.37. The number of carbonyl (C=O) groups excluding carboxylic acids is 1. The van der Waals surface area contributed by atoms with Crippen molar-refractivity contribution in [2.45, 2.75) is 33.4 Å². The first-order valence-corrected chi connectivity index (χ1v) is 8.28. The molecule has 5 N–H and O–H groups in total. The summed E-state index contributed by atoms with van der Waals surface area (Å²) >= 11 is 0. The largest absolute Gasteiger partial charge is 0.383 e. The molecule has 8 heteroatoms. The van der Waals surface area contributed by atoms with Gasteiger partial charge in [0.2, 0.25) is 5.91 Å². The lowest BCUT2D eigenvalue weighted by Crippen LogP contribution is -2.27. The number of nitrogens with one attached hydrogen (secondary N) is 3. The van der Waals surface area contributed by atoms with Crippen molar-refractivity contribution in [2.75, 3.05) is 11.1 Å². The van der Waals surface area contributed by atoms with E-state index in [9.17, 15) is 4.79 Å². The van der Waals surface area contributed by atoms with E-state index in [1.807, 2.05) is 32.0 Å². The number of nitrogens with two attached hydrogens (primary N) is 1. The molecule has 0 spiro atoms. The fourth-order valence-electron chi connectivity index (χ4n) is 2.81. The predicted octanol–water partition coefficient (Wildman–Crippen LogP) is 1.69. The summed E-state index contributed by atoms with van der Waals surface area (Å²) in [6.45, 7) is 5.89. The minimum absolute atomic E-state index is 0.143. The monoisotopic (exact) mass is 351 g/mol. The molecule has 1 aromatic heterocycles. The van der Waals surface area contributed by atoms with Gasteiger partial charge in [0, 0.05) is 24.1 Å². The minimum atomic E-state index is -0.160. The van der Waals surface area contributed by atoms with Crippen molar-refractivity contribution in [1.82, 2.24) is 15.3 Å². The molecule has 0 atom stereocenters. The molecule has 2 heterocycles. The van der Waals surface area contributed by atoms with Crippen LogP contribution in [0.15, 0.2) is 29.5 Å². The average Bonchev–Trinajstić information content (AvgIpc) is 2.95. The molecule has 1 aliphatic heterocycles. The SMILES string of the molecule is CC(=O)NC1=NCc2cc(C(=N)c3c(N)ncnc3NC(C)C)ccc21. The summed E-state index contributed by atoms with van der Waals surface area (Å²) < 4.78 is 0. The van der Waals surface area contributed by atoms with Crippen molar-refractivity contribution in [3.05, 3.63) is 46.8 Å². The lowest BCUT2D eigenvalue weighted by Gasteiger charge is -2.16. The lowest BCUT2D eigenvalue weighted by atomic mass is 9.98. The van der Waals surface area contributed by atoms with E-state index in [4.69, 9.17) is 11.1 Å². The first-order chi connectivity index (χ1) is 12.4. The number of rotatable bonds is 4. The highest BCUT2D eigenvalue weighted by molar-refractivity contribution is 6.17. The molecule has 8 nitrogen and oxygen atoms in total. The van der Waals surface area contributed by atoms with Gasteiger partial charge in [0.1, 0.15) is 23.8 Å². The average molecular weight is 351 g/mol. The van der Waals surface area contributed by atoms with Crippen LogP contribution < -0.4 is 16.4 Å². The maximum Gasteiger partial charge on any atom is 0.222 e. The Morgan fingerprint density at radius 2 is 2.08 bits per heavy atom. The van der Waals surface area contributed by atoms with E-state index < -0.39 is 0 Å². The number of aliphatic imine (C=N–C) groups is 1. The van der Waals surface area contributed by atoms with Crippen molar-refractivity contribution in [3.8, 4) is 0 Å². The molecule has 2 aromatic rings. The highest BCUT2D eigenvalue weighted by Crippen LogP contribution is 2.25. The van der Waals surface area contributed by atoms with Crippen LogP contribution in [0.3, 0.4) is 0 Å². The van der Waals surface area contributed by atoms with Gasteiger partial charge in [-0.15, -0.1) is 0 Å². The van der Waals surface area contributed by atoms with Crippen LogP contribution in [0.2, 0.25) is 0 Å². The van der Waals surface area contributed by atoms with Crippen molar-refractivity contribution in [1.29, 1.82) is 5.41 Å². The standard InChI is InChI=1S/C18H21N7O/c1-9(2)24-18-14(16(20)22-8-23-18)15(19)11-4-5-13-12(6-11)7-21-17(13)25-10(3)26/h4-6,8-9,19H,7H2,1-3H3,(H,21,25,26)(H3,20,22,23,24). The van der Waals surface area contributed by atoms with Crippen LogP contribution in [-0.4, -0.2) is 33.5 Å². The van der Waals surface area contributed by atoms with Crippen LogP contribution in [0.5, 0.6) is 0 Å². The Labute approximate surface area is 151 Å². The number of nitrogens with zero attached hydrogens (tertiary/aromatic N) is 3. The van der Waals surface area contributed by atoms with Gasteiger partial charge in [-0.1, -0.05) is 12.1 Å². The first-order valence-electron chi connectivity index (χ1n) is 8.28. The predicted molar refractivity (Wildman–Crippen MR) is 102 cm³/mol. The Hall–Kier alpha value is -3.29. The number of hydrogen-bond donors (Lipinski definition) is 4. The summed E-state index contributed by atoms with van der Waals surface area (Å²) in [4.78, 5) is 23.9. The van der Waals surface area contributed by atoms with Crippen LogP contribution in [0.1, 0.15) is 43.0 Å². The zero-order valence-corrected chi connectivity index (χ0v) is 14.9. The van der Waals surface area contributed by atoms with Crippen molar-refractivity contribution in [3.63, 3.8) is 0 Å². The van der Waals surface area contributed by atoms with Gasteiger partial charge in [0.05, 0.1) is 17.8 Å². The van der Waals surface area contributed by atoms with Crippen molar-refractivity contribution in [2.24, 2.45) is 4.99 Å². The third-order valence-corrected chi connectivity index (χ3v) is 3.90. The number of hydrogen-bond acceptors (Lipinski definition) is 7. The molecule has 134 valence electrons. The molecule has 1 aliphatic rings. The van der Waals surface area contributed by atoms with Gasteiger partial charge in [-0.05, 0) is 25.5 Å². The molecule has 0 aliphatic carbocycles. The molecule has 1 aromatic carbocycles. The van der Waals surface area contributed by atoms with E-state index in [1.165, 1.54) is 13.3 Å². The van der Waals surface area contributed by atoms with Crippen LogP contribution in [0, 0.1) is 5.41 Å². The van der Waals surface area contributed by atoms with E-state index in [2.05, 4.69) is 25.6 Å². The Morgan fingerprint density at radius 3 is 2.77 bits per heavy atom. The zero-order valence-electron chi connectivity index (χ0n) is 14.9. The Bertz CT molecular complexity index is 918. The Morgan fingerprint density at radius 1 is 1.31 bits per heavy atom. The molecule has 0 saturated heterocycles. The summed E-state index contributed by atoms with van der Waals surface area (Å²) in [5, 5.41) is 14.5. The van der Waals surface area contributed by atoms with Gasteiger partial charge in [-0.3, -0.25) is 15.2 Å². The highest BCUT2D eigenvalue weighted by Gasteiger charge is 2.21. The summed E-state index contributed by atoms with van der Waals surface area (Å²) in [7, 11) is 0. The highest BCUT2D eigenvalue weighted by atomic mass is 16.1. The van der Waals surface area contributed by atoms with Gasteiger partial charge in [-0.25, -0.2) is 9.97 Å². The number of anilines is 2. The van der Waals surface area contributed by atoms with Crippen LogP contribution in [0.4, 0.5) is 11.6 Å². The summed E-state index contributed by atoms with van der Waals surface area (Å²) in [5.74, 6) is 1.19. The molecule has 0 radical (unpaired) electrons. The third kappa shape index (κ3) is 3.39. The maximum atomic E-state index is 11.3. The van der Waals surface area contributed by atoms with Crippen LogP contribution >= 0.6 is 0 Å². The second-order valence-corrected chi connectivity index (χ2v) is 6.37. The van der Waals surface area contributed by atoms with Crippen LogP contribution in [-0.2, 0) is 11.3 Å². The number of benzene rings is 1.